The SMILES string of the molecule is [C-]#[N+]c1cnc2c(c1)c(C(=O)CC(C)CC(=O)O)c(CCCCCC(O)c1ccc(F)cc1)n2C. The number of Topliss-reactive ketones (excluding diaryl/α,β-unsaturated/α-hetero) is 1. The van der Waals surface area contributed by atoms with Crippen molar-refractivity contribution in [2.45, 2.75) is 58.0 Å². The van der Waals surface area contributed by atoms with Gasteiger partial charge in [-0.15, -0.1) is 0 Å². The van der Waals surface area contributed by atoms with E-state index >= 15 is 0 Å². The molecule has 3 aromatic rings. The summed E-state index contributed by atoms with van der Waals surface area (Å²) in [5.74, 6) is -1.73. The summed E-state index contributed by atoms with van der Waals surface area (Å²) in [6.07, 6.45) is 4.37. The maximum Gasteiger partial charge on any atom is 0.303 e. The van der Waals surface area contributed by atoms with Crippen molar-refractivity contribution >= 4 is 28.5 Å². The maximum atomic E-state index is 13.3. The van der Waals surface area contributed by atoms with Crippen LogP contribution in [0.1, 0.15) is 73.2 Å². The molecular weight excluding hydrogens is 449 g/mol. The van der Waals surface area contributed by atoms with E-state index in [1.807, 2.05) is 11.6 Å². The number of halogens is 1. The van der Waals surface area contributed by atoms with Crippen LogP contribution < -0.4 is 0 Å². The van der Waals surface area contributed by atoms with E-state index in [9.17, 15) is 19.1 Å². The zero-order valence-corrected chi connectivity index (χ0v) is 20.0. The Kier molecular flexibility index (Phi) is 8.72. The van der Waals surface area contributed by atoms with E-state index in [0.717, 1.165) is 25.0 Å². The van der Waals surface area contributed by atoms with Gasteiger partial charge >= 0.3 is 5.97 Å². The van der Waals surface area contributed by atoms with Gasteiger partial charge in [-0.1, -0.05) is 31.9 Å². The Labute approximate surface area is 204 Å². The molecule has 1 aromatic carbocycles. The first-order valence-corrected chi connectivity index (χ1v) is 11.7. The van der Waals surface area contributed by atoms with Crippen molar-refractivity contribution in [2.24, 2.45) is 13.0 Å². The zero-order valence-electron chi connectivity index (χ0n) is 20.0. The third-order valence-corrected chi connectivity index (χ3v) is 6.24. The predicted molar refractivity (Wildman–Crippen MR) is 131 cm³/mol. The number of aliphatic hydroxyl groups excluding tert-OH is 1. The van der Waals surface area contributed by atoms with Gasteiger partial charge in [0.05, 0.1) is 12.7 Å². The molecule has 7 nitrogen and oxygen atoms in total. The van der Waals surface area contributed by atoms with Crippen LogP contribution in [-0.2, 0) is 18.3 Å². The minimum atomic E-state index is -0.941. The predicted octanol–water partition coefficient (Wildman–Crippen LogP) is 5.78. The topological polar surface area (TPSA) is 96.8 Å². The van der Waals surface area contributed by atoms with E-state index in [-0.39, 0.29) is 30.4 Å². The van der Waals surface area contributed by atoms with Crippen LogP contribution in [0.2, 0.25) is 0 Å². The van der Waals surface area contributed by atoms with Crippen molar-refractivity contribution in [1.82, 2.24) is 9.55 Å². The van der Waals surface area contributed by atoms with Crippen LogP contribution in [0.3, 0.4) is 0 Å². The molecule has 0 radical (unpaired) electrons. The minimum Gasteiger partial charge on any atom is -0.481 e. The number of pyridine rings is 1. The monoisotopic (exact) mass is 479 g/mol. The molecule has 0 spiro atoms. The van der Waals surface area contributed by atoms with Crippen molar-refractivity contribution in [3.8, 4) is 0 Å². The van der Waals surface area contributed by atoms with Crippen LogP contribution in [0.15, 0.2) is 36.5 Å². The van der Waals surface area contributed by atoms with E-state index in [0.29, 0.717) is 40.7 Å². The van der Waals surface area contributed by atoms with Crippen molar-refractivity contribution in [2.75, 3.05) is 0 Å². The number of aliphatic carboxylic acids is 1. The largest absolute Gasteiger partial charge is 0.481 e. The number of hydrogen-bond donors (Lipinski definition) is 2. The fourth-order valence-corrected chi connectivity index (χ4v) is 4.46. The summed E-state index contributed by atoms with van der Waals surface area (Å²) in [7, 11) is 1.85. The lowest BCUT2D eigenvalue weighted by atomic mass is 9.94. The number of carboxylic acid groups (broad SMARTS) is 1. The number of hydrogen-bond acceptors (Lipinski definition) is 4. The standard InChI is InChI=1S/C27H30FN3O4/c1-17(14-25(34)35)13-24(33)26-21-15-20(29-2)16-30-27(21)31(3)22(26)7-5-4-6-8-23(32)18-9-11-19(28)12-10-18/h9-12,15-17,23,32H,4-8,13-14H2,1,3H3,(H,34,35). The molecule has 0 fully saturated rings. The number of unbranched alkanes of at least 4 members (excludes halogenated alkanes) is 2. The first kappa shape index (κ1) is 26.0. The van der Waals surface area contributed by atoms with Crippen LogP contribution in [0, 0.1) is 18.3 Å². The molecule has 0 saturated carbocycles. The summed E-state index contributed by atoms with van der Waals surface area (Å²) in [6.45, 7) is 9.04. The molecule has 0 aliphatic rings. The first-order valence-electron chi connectivity index (χ1n) is 11.7. The molecule has 0 aliphatic heterocycles. The minimum absolute atomic E-state index is 0.0895. The highest BCUT2D eigenvalue weighted by Crippen LogP contribution is 2.31. The Balaban J connectivity index is 1.72. The molecule has 35 heavy (non-hydrogen) atoms. The second-order valence-corrected chi connectivity index (χ2v) is 9.05. The Morgan fingerprint density at radius 3 is 2.54 bits per heavy atom. The van der Waals surface area contributed by atoms with Gasteiger partial charge in [-0.3, -0.25) is 9.59 Å². The highest BCUT2D eigenvalue weighted by molar-refractivity contribution is 6.09. The number of fused-ring (bicyclic) bond motifs is 1. The Bertz CT molecular complexity index is 1240. The number of nitrogens with zero attached hydrogens (tertiary/aromatic N) is 3. The molecule has 2 aromatic heterocycles. The third-order valence-electron chi connectivity index (χ3n) is 6.24. The normalized spacial score (nSPS) is 12.9. The molecule has 3 rings (SSSR count). The molecule has 0 bridgehead atoms. The fraction of sp³-hybridized carbons (Fsp3) is 0.407. The summed E-state index contributed by atoms with van der Waals surface area (Å²) >= 11 is 0. The zero-order chi connectivity index (χ0) is 25.5. The number of carbonyl (C=O) groups is 2. The van der Waals surface area contributed by atoms with Gasteiger partial charge in [0.15, 0.2) is 5.78 Å². The van der Waals surface area contributed by atoms with Crippen molar-refractivity contribution in [1.29, 1.82) is 0 Å². The van der Waals surface area contributed by atoms with Gasteiger partial charge in [0.2, 0.25) is 5.69 Å². The van der Waals surface area contributed by atoms with Gasteiger partial charge in [-0.05, 0) is 48.9 Å². The summed E-state index contributed by atoms with van der Waals surface area (Å²) in [4.78, 5) is 32.2. The number of rotatable bonds is 12. The van der Waals surface area contributed by atoms with Gasteiger partial charge in [0.25, 0.3) is 0 Å². The van der Waals surface area contributed by atoms with Gasteiger partial charge in [-0.25, -0.2) is 14.2 Å². The molecule has 8 heteroatoms. The van der Waals surface area contributed by atoms with E-state index < -0.39 is 12.1 Å². The van der Waals surface area contributed by atoms with Crippen molar-refractivity contribution < 1.29 is 24.2 Å². The smallest absolute Gasteiger partial charge is 0.303 e. The van der Waals surface area contributed by atoms with E-state index in [1.165, 1.54) is 18.3 Å². The summed E-state index contributed by atoms with van der Waals surface area (Å²) in [5.41, 5.74) is 2.99. The molecule has 184 valence electrons. The highest BCUT2D eigenvalue weighted by atomic mass is 19.1. The summed E-state index contributed by atoms with van der Waals surface area (Å²) in [5, 5.41) is 20.0. The second-order valence-electron chi connectivity index (χ2n) is 9.05. The van der Waals surface area contributed by atoms with Crippen LogP contribution in [0.4, 0.5) is 10.1 Å². The molecule has 2 N–H and O–H groups in total. The van der Waals surface area contributed by atoms with Gasteiger partial charge < -0.3 is 14.8 Å². The van der Waals surface area contributed by atoms with Crippen molar-refractivity contribution in [3.63, 3.8) is 0 Å². The molecule has 2 unspecified atom stereocenters. The molecule has 0 amide bonds. The Morgan fingerprint density at radius 2 is 1.89 bits per heavy atom. The number of aryl methyl sites for hydroxylation is 1. The summed E-state index contributed by atoms with van der Waals surface area (Å²) in [6, 6.07) is 7.52. The lowest BCUT2D eigenvalue weighted by Crippen LogP contribution is -2.12. The molecule has 2 heterocycles. The fourth-order valence-electron chi connectivity index (χ4n) is 4.46. The van der Waals surface area contributed by atoms with Crippen LogP contribution in [-0.4, -0.2) is 31.5 Å². The molecular formula is C27H30FN3O4. The number of aliphatic hydroxyl groups is 1. The lowest BCUT2D eigenvalue weighted by Gasteiger charge is -2.12. The van der Waals surface area contributed by atoms with Gasteiger partial charge in [-0.2, -0.15) is 0 Å². The van der Waals surface area contributed by atoms with Gasteiger partial charge in [0.1, 0.15) is 11.5 Å². The Morgan fingerprint density at radius 1 is 1.17 bits per heavy atom. The average molecular weight is 480 g/mol. The Hall–Kier alpha value is -3.57. The maximum absolute atomic E-state index is 13.3. The number of ketones is 1. The third kappa shape index (κ3) is 6.52. The summed E-state index contributed by atoms with van der Waals surface area (Å²) < 4.78 is 15.0. The van der Waals surface area contributed by atoms with Crippen molar-refractivity contribution in [3.05, 3.63) is 70.6 Å². The van der Waals surface area contributed by atoms with E-state index in [2.05, 4.69) is 9.83 Å². The van der Waals surface area contributed by atoms with E-state index in [4.69, 9.17) is 11.7 Å². The number of carbonyl (C=O) groups excluding carboxylic acids is 1. The van der Waals surface area contributed by atoms with Crippen LogP contribution >= 0.6 is 0 Å². The molecule has 0 saturated heterocycles. The number of benzene rings is 1. The highest BCUT2D eigenvalue weighted by Gasteiger charge is 2.24. The molecule has 2 atom stereocenters. The van der Waals surface area contributed by atoms with E-state index in [1.54, 1.807) is 25.1 Å². The second kappa shape index (κ2) is 11.7. The van der Waals surface area contributed by atoms with Crippen LogP contribution in [0.5, 0.6) is 0 Å². The quantitative estimate of drug-likeness (QED) is 0.195. The lowest BCUT2D eigenvalue weighted by molar-refractivity contribution is -0.137. The number of carboxylic acids is 1. The average Bonchev–Trinajstić information content (AvgIpc) is 3.09. The van der Waals surface area contributed by atoms with Gasteiger partial charge in [0, 0.05) is 42.7 Å². The first-order chi connectivity index (χ1) is 16.7. The molecule has 0 aliphatic carbocycles. The number of aromatic nitrogens is 2. The van der Waals surface area contributed by atoms with Crippen LogP contribution in [0.25, 0.3) is 15.9 Å².